The van der Waals surface area contributed by atoms with Gasteiger partial charge in [-0.15, -0.1) is 0 Å². The lowest BCUT2D eigenvalue weighted by Crippen LogP contribution is -2.56. The van der Waals surface area contributed by atoms with Gasteiger partial charge in [-0.3, -0.25) is 4.79 Å². The lowest BCUT2D eigenvalue weighted by atomic mass is 10.1. The number of rotatable bonds is 5. The number of hydrogen-bond acceptors (Lipinski definition) is 2. The van der Waals surface area contributed by atoms with Gasteiger partial charge in [0.1, 0.15) is 6.17 Å². The van der Waals surface area contributed by atoms with E-state index in [0.717, 1.165) is 16.8 Å². The van der Waals surface area contributed by atoms with Crippen LogP contribution in [-0.2, 0) is 11.2 Å². The first-order valence-electron chi connectivity index (χ1n) is 7.78. The molecule has 1 atom stereocenters. The summed E-state index contributed by atoms with van der Waals surface area (Å²) < 4.78 is -1.79. The van der Waals surface area contributed by atoms with Crippen molar-refractivity contribution in [1.29, 1.82) is 0 Å². The molecule has 2 aromatic rings. The molecule has 2 aromatic carbocycles. The Morgan fingerprint density at radius 2 is 1.65 bits per heavy atom. The molecule has 0 fully saturated rings. The van der Waals surface area contributed by atoms with Crippen LogP contribution >= 0.6 is 47.0 Å². The lowest BCUT2D eigenvalue weighted by molar-refractivity contribution is -0.121. The third kappa shape index (κ3) is 7.00. The minimum atomic E-state index is -1.79. The Kier molecular flexibility index (Phi) is 7.53. The Morgan fingerprint density at radius 1 is 1.04 bits per heavy atom. The number of carbonyl (C=O) groups is 1. The fraction of sp³-hybridized carbons (Fsp3) is 0.222. The molecule has 0 saturated heterocycles. The van der Waals surface area contributed by atoms with Gasteiger partial charge in [-0.05, 0) is 36.8 Å². The molecular formula is C18H18Cl3N3OS. The maximum atomic E-state index is 12.3. The van der Waals surface area contributed by atoms with E-state index in [0.29, 0.717) is 0 Å². The summed E-state index contributed by atoms with van der Waals surface area (Å²) in [6.07, 6.45) is -0.827. The van der Waals surface area contributed by atoms with Gasteiger partial charge in [-0.2, -0.15) is 0 Å². The first-order chi connectivity index (χ1) is 12.2. The van der Waals surface area contributed by atoms with Crippen molar-refractivity contribution in [2.75, 3.05) is 5.32 Å². The minimum Gasteiger partial charge on any atom is -0.339 e. The topological polar surface area (TPSA) is 53.2 Å². The fourth-order valence-electron chi connectivity index (χ4n) is 2.13. The number of anilines is 1. The van der Waals surface area contributed by atoms with Gasteiger partial charge < -0.3 is 16.0 Å². The van der Waals surface area contributed by atoms with Crippen molar-refractivity contribution in [1.82, 2.24) is 10.6 Å². The van der Waals surface area contributed by atoms with Crippen molar-refractivity contribution in [2.45, 2.75) is 23.3 Å². The maximum absolute atomic E-state index is 12.3. The average Bonchev–Trinajstić information content (AvgIpc) is 2.56. The minimum absolute atomic E-state index is 0.165. The van der Waals surface area contributed by atoms with Crippen LogP contribution in [0.3, 0.4) is 0 Å². The third-order valence-electron chi connectivity index (χ3n) is 3.43. The monoisotopic (exact) mass is 429 g/mol. The zero-order valence-corrected chi connectivity index (χ0v) is 17.0. The van der Waals surface area contributed by atoms with Crippen LogP contribution in [0, 0.1) is 6.92 Å². The normalized spacial score (nSPS) is 12.2. The SMILES string of the molecule is Cc1ccc(NC(=S)N[C@@H](NC(=O)Cc2ccccc2)C(Cl)(Cl)Cl)cc1. The highest BCUT2D eigenvalue weighted by molar-refractivity contribution is 7.80. The number of carbonyl (C=O) groups excluding carboxylic acids is 1. The number of thiocarbonyl (C=S) groups is 1. The largest absolute Gasteiger partial charge is 0.339 e. The predicted molar refractivity (Wildman–Crippen MR) is 113 cm³/mol. The van der Waals surface area contributed by atoms with Crippen LogP contribution in [0.25, 0.3) is 0 Å². The highest BCUT2D eigenvalue weighted by Crippen LogP contribution is 2.29. The Morgan fingerprint density at radius 3 is 2.23 bits per heavy atom. The summed E-state index contributed by atoms with van der Waals surface area (Å²) in [6, 6.07) is 16.9. The highest BCUT2D eigenvalue weighted by Gasteiger charge is 2.34. The molecule has 0 aliphatic carbocycles. The van der Waals surface area contributed by atoms with Gasteiger partial charge in [-0.25, -0.2) is 0 Å². The van der Waals surface area contributed by atoms with E-state index in [1.165, 1.54) is 0 Å². The van der Waals surface area contributed by atoms with E-state index >= 15 is 0 Å². The van der Waals surface area contributed by atoms with E-state index in [-0.39, 0.29) is 17.4 Å². The van der Waals surface area contributed by atoms with E-state index < -0.39 is 9.96 Å². The van der Waals surface area contributed by atoms with Crippen LogP contribution in [0.2, 0.25) is 0 Å². The first kappa shape index (κ1) is 20.8. The summed E-state index contributed by atoms with van der Waals surface area (Å²) in [5.74, 6) is -0.293. The molecule has 0 heterocycles. The second kappa shape index (κ2) is 9.42. The van der Waals surface area contributed by atoms with Gasteiger partial charge in [0.25, 0.3) is 0 Å². The average molecular weight is 431 g/mol. The Balaban J connectivity index is 1.97. The van der Waals surface area contributed by atoms with Crippen molar-refractivity contribution in [3.8, 4) is 0 Å². The van der Waals surface area contributed by atoms with E-state index in [2.05, 4.69) is 16.0 Å². The predicted octanol–water partition coefficient (Wildman–Crippen LogP) is 4.34. The van der Waals surface area contributed by atoms with Crippen LogP contribution in [0.15, 0.2) is 54.6 Å². The zero-order chi connectivity index (χ0) is 19.2. The van der Waals surface area contributed by atoms with E-state index in [4.69, 9.17) is 47.0 Å². The number of aryl methyl sites for hydroxylation is 1. The Hall–Kier alpha value is -1.53. The molecule has 138 valence electrons. The van der Waals surface area contributed by atoms with E-state index in [9.17, 15) is 4.79 Å². The van der Waals surface area contributed by atoms with Crippen LogP contribution in [0.5, 0.6) is 0 Å². The molecular weight excluding hydrogens is 413 g/mol. The molecule has 0 aliphatic rings. The maximum Gasteiger partial charge on any atom is 0.228 e. The fourth-order valence-corrected chi connectivity index (χ4v) is 2.69. The van der Waals surface area contributed by atoms with E-state index in [1.807, 2.05) is 61.5 Å². The molecule has 0 aromatic heterocycles. The molecule has 4 nitrogen and oxygen atoms in total. The molecule has 1 amide bonds. The summed E-state index contributed by atoms with van der Waals surface area (Å²) in [5, 5.41) is 8.70. The number of halogens is 3. The van der Waals surface area contributed by atoms with Crippen molar-refractivity contribution in [3.63, 3.8) is 0 Å². The molecule has 8 heteroatoms. The molecule has 0 spiro atoms. The molecule has 0 bridgehead atoms. The van der Waals surface area contributed by atoms with Gasteiger partial charge in [0.15, 0.2) is 5.11 Å². The van der Waals surface area contributed by atoms with Crippen LogP contribution in [-0.4, -0.2) is 21.0 Å². The van der Waals surface area contributed by atoms with Gasteiger partial charge in [-0.1, -0.05) is 82.8 Å². The van der Waals surface area contributed by atoms with Gasteiger partial charge >= 0.3 is 0 Å². The quantitative estimate of drug-likeness (QED) is 0.375. The zero-order valence-electron chi connectivity index (χ0n) is 13.9. The number of benzene rings is 2. The second-order valence-corrected chi connectivity index (χ2v) is 8.45. The van der Waals surface area contributed by atoms with Crippen molar-refractivity contribution in [3.05, 3.63) is 65.7 Å². The molecule has 3 N–H and O–H groups in total. The summed E-state index contributed by atoms with van der Waals surface area (Å²) in [6.45, 7) is 1.99. The van der Waals surface area contributed by atoms with E-state index in [1.54, 1.807) is 0 Å². The van der Waals surface area contributed by atoms with Crippen LogP contribution in [0.1, 0.15) is 11.1 Å². The Labute approximate surface area is 173 Å². The third-order valence-corrected chi connectivity index (χ3v) is 4.30. The lowest BCUT2D eigenvalue weighted by Gasteiger charge is -2.27. The van der Waals surface area contributed by atoms with Crippen molar-refractivity contribution in [2.24, 2.45) is 0 Å². The van der Waals surface area contributed by atoms with Gasteiger partial charge in [0, 0.05) is 5.69 Å². The van der Waals surface area contributed by atoms with Crippen molar-refractivity contribution < 1.29 is 4.79 Å². The first-order valence-corrected chi connectivity index (χ1v) is 9.32. The molecule has 0 radical (unpaired) electrons. The molecule has 0 saturated carbocycles. The molecule has 26 heavy (non-hydrogen) atoms. The van der Waals surface area contributed by atoms with Crippen LogP contribution < -0.4 is 16.0 Å². The van der Waals surface area contributed by atoms with Gasteiger partial charge in [0.05, 0.1) is 6.42 Å². The van der Waals surface area contributed by atoms with Crippen molar-refractivity contribution >= 4 is 63.7 Å². The summed E-state index contributed by atoms with van der Waals surface area (Å²) >= 11 is 23.2. The summed E-state index contributed by atoms with van der Waals surface area (Å²) in [5.41, 5.74) is 2.77. The number of amides is 1. The summed E-state index contributed by atoms with van der Waals surface area (Å²) in [7, 11) is 0. The second-order valence-electron chi connectivity index (χ2n) is 5.67. The highest BCUT2D eigenvalue weighted by atomic mass is 35.6. The molecule has 0 aliphatic heterocycles. The number of nitrogens with one attached hydrogen (secondary N) is 3. The number of hydrogen-bond donors (Lipinski definition) is 3. The number of alkyl halides is 3. The summed E-state index contributed by atoms with van der Waals surface area (Å²) in [4.78, 5) is 12.3. The van der Waals surface area contributed by atoms with Crippen LogP contribution in [0.4, 0.5) is 5.69 Å². The smallest absolute Gasteiger partial charge is 0.228 e. The molecule has 0 unspecified atom stereocenters. The Bertz CT molecular complexity index is 749. The standard InChI is InChI=1S/C18H18Cl3N3OS/c1-12-7-9-14(10-8-12)22-17(26)24-16(18(19,20)21)23-15(25)11-13-5-3-2-4-6-13/h2-10,16H,11H2,1H3,(H,23,25)(H2,22,24,26)/t16-/m1/s1. The van der Waals surface area contributed by atoms with Gasteiger partial charge in [0.2, 0.25) is 9.70 Å². The molecule has 2 rings (SSSR count).